The fourth-order valence-corrected chi connectivity index (χ4v) is 2.65. The fourth-order valence-electron chi connectivity index (χ4n) is 2.20. The Bertz CT molecular complexity index is 848. The van der Waals surface area contributed by atoms with Gasteiger partial charge in [-0.1, -0.05) is 41.4 Å². The van der Waals surface area contributed by atoms with Crippen LogP contribution in [0.3, 0.4) is 0 Å². The molecule has 7 heteroatoms. The molecule has 1 saturated carbocycles. The smallest absolute Gasteiger partial charge is 0.273 e. The SMILES string of the molecule is O=C(N/N=C\c1ccc(Cl)cc1Cl)c1ccccc1NC(=O)C1CC1. The molecule has 0 saturated heterocycles. The molecule has 2 aromatic carbocycles. The average Bonchev–Trinajstić information content (AvgIpc) is 3.42. The van der Waals surface area contributed by atoms with Crippen molar-refractivity contribution in [3.05, 3.63) is 63.6 Å². The number of amides is 2. The van der Waals surface area contributed by atoms with E-state index in [9.17, 15) is 9.59 Å². The summed E-state index contributed by atoms with van der Waals surface area (Å²) in [6.45, 7) is 0. The molecular weight excluding hydrogens is 361 g/mol. The maximum Gasteiger partial charge on any atom is 0.273 e. The largest absolute Gasteiger partial charge is 0.325 e. The minimum atomic E-state index is -0.423. The molecule has 128 valence electrons. The van der Waals surface area contributed by atoms with Gasteiger partial charge >= 0.3 is 0 Å². The minimum Gasteiger partial charge on any atom is -0.325 e. The van der Waals surface area contributed by atoms with Crippen LogP contribution in [0, 0.1) is 5.92 Å². The lowest BCUT2D eigenvalue weighted by molar-refractivity contribution is -0.117. The number of para-hydroxylation sites is 1. The van der Waals surface area contributed by atoms with Crippen LogP contribution in [-0.2, 0) is 4.79 Å². The summed E-state index contributed by atoms with van der Waals surface area (Å²) in [5.41, 5.74) is 3.87. The Kier molecular flexibility index (Phi) is 5.36. The molecule has 0 heterocycles. The zero-order valence-corrected chi connectivity index (χ0v) is 14.6. The summed E-state index contributed by atoms with van der Waals surface area (Å²) in [6.07, 6.45) is 3.22. The van der Waals surface area contributed by atoms with E-state index < -0.39 is 5.91 Å². The third kappa shape index (κ3) is 4.59. The average molecular weight is 376 g/mol. The molecule has 2 amide bonds. The second-order valence-electron chi connectivity index (χ2n) is 5.67. The van der Waals surface area contributed by atoms with Gasteiger partial charge in [0.1, 0.15) is 0 Å². The molecule has 0 radical (unpaired) electrons. The Labute approximate surface area is 155 Å². The lowest BCUT2D eigenvalue weighted by Crippen LogP contribution is -2.21. The van der Waals surface area contributed by atoms with Crippen molar-refractivity contribution in [1.82, 2.24) is 5.43 Å². The van der Waals surface area contributed by atoms with E-state index in [1.165, 1.54) is 6.21 Å². The second-order valence-corrected chi connectivity index (χ2v) is 6.52. The number of carbonyl (C=O) groups excluding carboxylic acids is 2. The predicted molar refractivity (Wildman–Crippen MR) is 99.3 cm³/mol. The van der Waals surface area contributed by atoms with Gasteiger partial charge in [-0.2, -0.15) is 5.10 Å². The molecule has 0 unspecified atom stereocenters. The van der Waals surface area contributed by atoms with Crippen LogP contribution < -0.4 is 10.7 Å². The summed E-state index contributed by atoms with van der Waals surface area (Å²) in [5.74, 6) is -0.425. The van der Waals surface area contributed by atoms with Crippen LogP contribution in [0.1, 0.15) is 28.8 Å². The number of nitrogens with one attached hydrogen (secondary N) is 2. The number of hydrazone groups is 1. The number of hydrogen-bond donors (Lipinski definition) is 2. The maximum atomic E-state index is 12.3. The molecule has 5 nitrogen and oxygen atoms in total. The van der Waals surface area contributed by atoms with Gasteiger partial charge in [0.25, 0.3) is 5.91 Å². The molecule has 1 fully saturated rings. The summed E-state index contributed by atoms with van der Waals surface area (Å²) in [4.78, 5) is 24.2. The van der Waals surface area contributed by atoms with Gasteiger partial charge in [0.2, 0.25) is 5.91 Å². The predicted octanol–water partition coefficient (Wildman–Crippen LogP) is 4.11. The van der Waals surface area contributed by atoms with Gasteiger partial charge in [-0.3, -0.25) is 9.59 Å². The molecule has 2 aromatic rings. The lowest BCUT2D eigenvalue weighted by atomic mass is 10.1. The molecule has 1 aliphatic carbocycles. The quantitative estimate of drug-likeness (QED) is 0.609. The number of carbonyl (C=O) groups is 2. The van der Waals surface area contributed by atoms with Crippen LogP contribution >= 0.6 is 23.2 Å². The fraction of sp³-hybridized carbons (Fsp3) is 0.167. The molecule has 0 spiro atoms. The van der Waals surface area contributed by atoms with Crippen molar-refractivity contribution in [3.63, 3.8) is 0 Å². The highest BCUT2D eigenvalue weighted by Gasteiger charge is 2.30. The maximum absolute atomic E-state index is 12.3. The van der Waals surface area contributed by atoms with Crippen molar-refractivity contribution in [1.29, 1.82) is 0 Å². The van der Waals surface area contributed by atoms with Crippen molar-refractivity contribution in [2.45, 2.75) is 12.8 Å². The standard InChI is InChI=1S/C18H15Cl2N3O2/c19-13-8-7-12(15(20)9-13)10-21-23-18(25)14-3-1-2-4-16(14)22-17(24)11-5-6-11/h1-4,7-11H,5-6H2,(H,22,24)(H,23,25)/b21-10-. The highest BCUT2D eigenvalue weighted by Crippen LogP contribution is 2.30. The summed E-state index contributed by atoms with van der Waals surface area (Å²) < 4.78 is 0. The minimum absolute atomic E-state index is 0.0567. The van der Waals surface area contributed by atoms with Crippen LogP contribution in [0.4, 0.5) is 5.69 Å². The van der Waals surface area contributed by atoms with Crippen molar-refractivity contribution < 1.29 is 9.59 Å². The Morgan fingerprint density at radius 2 is 1.88 bits per heavy atom. The van der Waals surface area contributed by atoms with Crippen molar-refractivity contribution in [2.75, 3.05) is 5.32 Å². The van der Waals surface area contributed by atoms with Crippen LogP contribution in [0.5, 0.6) is 0 Å². The van der Waals surface area contributed by atoms with E-state index in [1.54, 1.807) is 42.5 Å². The Balaban J connectivity index is 1.68. The van der Waals surface area contributed by atoms with E-state index in [2.05, 4.69) is 15.8 Å². The summed E-state index contributed by atoms with van der Waals surface area (Å²) >= 11 is 11.9. The highest BCUT2D eigenvalue weighted by atomic mass is 35.5. The Morgan fingerprint density at radius 1 is 1.12 bits per heavy atom. The first-order valence-corrected chi connectivity index (χ1v) is 8.48. The van der Waals surface area contributed by atoms with E-state index in [-0.39, 0.29) is 11.8 Å². The highest BCUT2D eigenvalue weighted by molar-refractivity contribution is 6.36. The van der Waals surface area contributed by atoms with E-state index in [4.69, 9.17) is 23.2 Å². The number of hydrogen-bond acceptors (Lipinski definition) is 3. The molecular formula is C18H15Cl2N3O2. The lowest BCUT2D eigenvalue weighted by Gasteiger charge is -2.09. The summed E-state index contributed by atoms with van der Waals surface area (Å²) in [5, 5.41) is 7.65. The van der Waals surface area contributed by atoms with E-state index in [1.807, 2.05) is 0 Å². The first kappa shape index (κ1) is 17.5. The zero-order valence-electron chi connectivity index (χ0n) is 13.1. The summed E-state index contributed by atoms with van der Waals surface area (Å²) in [6, 6.07) is 11.8. The van der Waals surface area contributed by atoms with Gasteiger partial charge in [-0.15, -0.1) is 0 Å². The monoisotopic (exact) mass is 375 g/mol. The first-order chi connectivity index (χ1) is 12.0. The van der Waals surface area contributed by atoms with Crippen molar-refractivity contribution >= 4 is 46.9 Å². The summed E-state index contributed by atoms with van der Waals surface area (Å²) in [7, 11) is 0. The van der Waals surface area contributed by atoms with Gasteiger partial charge in [-0.25, -0.2) is 5.43 Å². The van der Waals surface area contributed by atoms with Crippen LogP contribution in [0.2, 0.25) is 10.0 Å². The van der Waals surface area contributed by atoms with Crippen LogP contribution in [0.15, 0.2) is 47.6 Å². The molecule has 1 aliphatic rings. The van der Waals surface area contributed by atoms with E-state index >= 15 is 0 Å². The first-order valence-electron chi connectivity index (χ1n) is 7.73. The molecule has 0 aromatic heterocycles. The van der Waals surface area contributed by atoms with Gasteiger partial charge in [0.05, 0.1) is 22.5 Å². The Hall–Kier alpha value is -2.37. The van der Waals surface area contributed by atoms with Crippen LogP contribution in [0.25, 0.3) is 0 Å². The van der Waals surface area contributed by atoms with Gasteiger partial charge in [0, 0.05) is 16.5 Å². The van der Waals surface area contributed by atoms with Gasteiger partial charge in [-0.05, 0) is 37.1 Å². The zero-order chi connectivity index (χ0) is 17.8. The number of halogens is 2. The molecule has 25 heavy (non-hydrogen) atoms. The molecule has 0 aliphatic heterocycles. The normalized spacial score (nSPS) is 13.7. The third-order valence-corrected chi connectivity index (χ3v) is 4.27. The topological polar surface area (TPSA) is 70.6 Å². The van der Waals surface area contributed by atoms with Crippen molar-refractivity contribution in [3.8, 4) is 0 Å². The van der Waals surface area contributed by atoms with E-state index in [0.29, 0.717) is 26.9 Å². The molecule has 2 N–H and O–H groups in total. The Morgan fingerprint density at radius 3 is 2.60 bits per heavy atom. The van der Waals surface area contributed by atoms with Crippen molar-refractivity contribution in [2.24, 2.45) is 11.0 Å². The number of anilines is 1. The number of nitrogens with zero attached hydrogens (tertiary/aromatic N) is 1. The third-order valence-electron chi connectivity index (χ3n) is 3.71. The molecule has 3 rings (SSSR count). The molecule has 0 bridgehead atoms. The van der Waals surface area contributed by atoms with Gasteiger partial charge < -0.3 is 5.32 Å². The number of benzene rings is 2. The molecule has 0 atom stereocenters. The van der Waals surface area contributed by atoms with Gasteiger partial charge in [0.15, 0.2) is 0 Å². The van der Waals surface area contributed by atoms with Crippen LogP contribution in [-0.4, -0.2) is 18.0 Å². The number of rotatable bonds is 5. The van der Waals surface area contributed by atoms with E-state index in [0.717, 1.165) is 12.8 Å². The second kappa shape index (κ2) is 7.68.